The van der Waals surface area contributed by atoms with Gasteiger partial charge in [0.15, 0.2) is 0 Å². The zero-order valence-corrected chi connectivity index (χ0v) is 21.3. The van der Waals surface area contributed by atoms with Crippen molar-refractivity contribution in [1.82, 2.24) is 19.2 Å². The van der Waals surface area contributed by atoms with E-state index < -0.39 is 0 Å². The van der Waals surface area contributed by atoms with E-state index in [4.69, 9.17) is 5.10 Å². The van der Waals surface area contributed by atoms with E-state index in [1.165, 1.54) is 0 Å². The van der Waals surface area contributed by atoms with Crippen LogP contribution in [0.15, 0.2) is 108 Å². The molecule has 1 aliphatic heterocycles. The Bertz CT molecular complexity index is 1520. The molecular formula is C29H24BrN5O. The molecule has 2 aromatic heterocycles. The molecule has 6 nitrogen and oxygen atoms in total. The fourth-order valence-corrected chi connectivity index (χ4v) is 5.13. The van der Waals surface area contributed by atoms with Crippen molar-refractivity contribution >= 4 is 27.6 Å². The van der Waals surface area contributed by atoms with Crippen molar-refractivity contribution in [3.63, 3.8) is 0 Å². The highest BCUT2D eigenvalue weighted by Crippen LogP contribution is 2.38. The van der Waals surface area contributed by atoms with Gasteiger partial charge in [0, 0.05) is 21.9 Å². The van der Waals surface area contributed by atoms with E-state index in [9.17, 15) is 4.79 Å². The van der Waals surface area contributed by atoms with Crippen molar-refractivity contribution in [2.75, 3.05) is 5.32 Å². The topological polar surface area (TPSA) is 55.1 Å². The molecule has 3 aromatic carbocycles. The minimum absolute atomic E-state index is 0.168. The number of urea groups is 1. The highest BCUT2D eigenvalue weighted by molar-refractivity contribution is 9.10. The SMILES string of the molecule is Cc1nn(-c2ccccc2)c2c1CN(C(=O)Nc1ccc(Br)cc1)[C@H](c1ccccc1)c1cccn1-2. The van der Waals surface area contributed by atoms with Gasteiger partial charge < -0.3 is 14.8 Å². The van der Waals surface area contributed by atoms with Gasteiger partial charge in [-0.25, -0.2) is 9.48 Å². The summed E-state index contributed by atoms with van der Waals surface area (Å²) < 4.78 is 5.11. The first-order valence-corrected chi connectivity index (χ1v) is 12.6. The summed E-state index contributed by atoms with van der Waals surface area (Å²) in [6.45, 7) is 2.42. The van der Waals surface area contributed by atoms with Crippen LogP contribution in [-0.4, -0.2) is 25.3 Å². The lowest BCUT2D eigenvalue weighted by Gasteiger charge is -2.31. The van der Waals surface area contributed by atoms with Gasteiger partial charge in [-0.05, 0) is 61.0 Å². The van der Waals surface area contributed by atoms with Crippen LogP contribution in [0.5, 0.6) is 0 Å². The van der Waals surface area contributed by atoms with E-state index in [0.29, 0.717) is 6.54 Å². The Hall–Kier alpha value is -4.10. The Morgan fingerprint density at radius 3 is 2.33 bits per heavy atom. The summed E-state index contributed by atoms with van der Waals surface area (Å²) in [5.74, 6) is 0.957. The molecular weight excluding hydrogens is 514 g/mol. The van der Waals surface area contributed by atoms with Crippen molar-refractivity contribution in [2.24, 2.45) is 0 Å². The molecule has 0 saturated carbocycles. The molecule has 0 fully saturated rings. The average Bonchev–Trinajstić information content (AvgIpc) is 3.47. The summed E-state index contributed by atoms with van der Waals surface area (Å²) >= 11 is 3.46. The monoisotopic (exact) mass is 537 g/mol. The molecule has 1 aliphatic rings. The maximum atomic E-state index is 13.9. The van der Waals surface area contributed by atoms with Crippen LogP contribution in [0.1, 0.15) is 28.6 Å². The Morgan fingerprint density at radius 1 is 0.917 bits per heavy atom. The molecule has 2 amide bonds. The first kappa shape index (κ1) is 22.4. The number of anilines is 1. The van der Waals surface area contributed by atoms with Crippen LogP contribution in [0.25, 0.3) is 11.5 Å². The third-order valence-corrected chi connectivity index (χ3v) is 7.09. The predicted molar refractivity (Wildman–Crippen MR) is 145 cm³/mol. The van der Waals surface area contributed by atoms with Crippen molar-refractivity contribution in [3.05, 3.63) is 130 Å². The second-order valence-corrected chi connectivity index (χ2v) is 9.73. The lowest BCUT2D eigenvalue weighted by atomic mass is 10.0. The third-order valence-electron chi connectivity index (χ3n) is 6.56. The fourth-order valence-electron chi connectivity index (χ4n) is 4.86. The number of aromatic nitrogens is 3. The third kappa shape index (κ3) is 3.91. The van der Waals surface area contributed by atoms with E-state index in [0.717, 1.165) is 44.2 Å². The summed E-state index contributed by atoms with van der Waals surface area (Å²) in [5, 5.41) is 8.01. The second kappa shape index (κ2) is 9.17. The van der Waals surface area contributed by atoms with Gasteiger partial charge in [0.05, 0.1) is 29.7 Å². The van der Waals surface area contributed by atoms with Crippen molar-refractivity contribution in [2.45, 2.75) is 19.5 Å². The smallest absolute Gasteiger partial charge is 0.308 e. The second-order valence-electron chi connectivity index (χ2n) is 8.82. The number of aryl methyl sites for hydroxylation is 1. The number of fused-ring (bicyclic) bond motifs is 3. The van der Waals surface area contributed by atoms with Crippen molar-refractivity contribution in [3.8, 4) is 11.5 Å². The number of amides is 2. The number of rotatable bonds is 3. The van der Waals surface area contributed by atoms with E-state index in [1.54, 1.807) is 0 Å². The maximum Gasteiger partial charge on any atom is 0.322 e. The highest BCUT2D eigenvalue weighted by Gasteiger charge is 2.35. The maximum absolute atomic E-state index is 13.9. The number of hydrogen-bond acceptors (Lipinski definition) is 2. The summed E-state index contributed by atoms with van der Waals surface area (Å²) in [4.78, 5) is 15.8. The Balaban J connectivity index is 1.52. The molecule has 178 valence electrons. The Labute approximate surface area is 217 Å². The van der Waals surface area contributed by atoms with Crippen LogP contribution in [0.4, 0.5) is 10.5 Å². The van der Waals surface area contributed by atoms with Gasteiger partial charge in [0.1, 0.15) is 5.82 Å². The molecule has 0 bridgehead atoms. The molecule has 36 heavy (non-hydrogen) atoms. The molecule has 0 saturated heterocycles. The highest BCUT2D eigenvalue weighted by atomic mass is 79.9. The number of carbonyl (C=O) groups is 1. The standard InChI is InChI=1S/C29H24BrN5O/c1-20-25-19-34(29(36)31-23-16-14-22(30)15-17-23)27(21-9-4-2-5-10-21)26-13-8-18-33(26)28(25)35(32-20)24-11-6-3-7-12-24/h2-18,27H,19H2,1H3,(H,31,36)/t27-/m1/s1. The van der Waals surface area contributed by atoms with E-state index in [2.05, 4.69) is 50.2 Å². The zero-order valence-electron chi connectivity index (χ0n) is 19.7. The Kier molecular flexibility index (Phi) is 5.70. The lowest BCUT2D eigenvalue weighted by Crippen LogP contribution is -2.38. The van der Waals surface area contributed by atoms with Gasteiger partial charge in [0.2, 0.25) is 0 Å². The molecule has 0 aliphatic carbocycles. The lowest BCUT2D eigenvalue weighted by molar-refractivity contribution is 0.194. The molecule has 1 N–H and O–H groups in total. The molecule has 3 heterocycles. The summed E-state index contributed by atoms with van der Waals surface area (Å²) in [6, 6.07) is 31.6. The number of para-hydroxylation sites is 1. The van der Waals surface area contributed by atoms with Gasteiger partial charge >= 0.3 is 6.03 Å². The van der Waals surface area contributed by atoms with E-state index in [-0.39, 0.29) is 12.1 Å². The van der Waals surface area contributed by atoms with Crippen LogP contribution < -0.4 is 5.32 Å². The predicted octanol–water partition coefficient (Wildman–Crippen LogP) is 6.87. The number of carbonyl (C=O) groups excluding carboxylic acids is 1. The van der Waals surface area contributed by atoms with Gasteiger partial charge in [0.25, 0.3) is 0 Å². The number of nitrogens with one attached hydrogen (secondary N) is 1. The fraction of sp³-hybridized carbons (Fsp3) is 0.103. The van der Waals surface area contributed by atoms with Crippen molar-refractivity contribution < 1.29 is 4.79 Å². The summed E-state index contributed by atoms with van der Waals surface area (Å²) in [6.07, 6.45) is 2.06. The van der Waals surface area contributed by atoms with Crippen LogP contribution in [0.3, 0.4) is 0 Å². The van der Waals surface area contributed by atoms with Crippen LogP contribution >= 0.6 is 15.9 Å². The van der Waals surface area contributed by atoms with Gasteiger partial charge in [-0.1, -0.05) is 64.5 Å². The molecule has 0 unspecified atom stereocenters. The zero-order chi connectivity index (χ0) is 24.6. The molecule has 0 radical (unpaired) electrons. The Morgan fingerprint density at radius 2 is 1.61 bits per heavy atom. The molecule has 1 atom stereocenters. The van der Waals surface area contributed by atoms with Crippen molar-refractivity contribution in [1.29, 1.82) is 0 Å². The minimum Gasteiger partial charge on any atom is -0.308 e. The van der Waals surface area contributed by atoms with Crippen LogP contribution in [0, 0.1) is 6.92 Å². The summed E-state index contributed by atoms with van der Waals surface area (Å²) in [7, 11) is 0. The number of hydrogen-bond donors (Lipinski definition) is 1. The number of nitrogens with zero attached hydrogens (tertiary/aromatic N) is 4. The number of benzene rings is 3. The van der Waals surface area contributed by atoms with E-state index >= 15 is 0 Å². The normalized spacial score (nSPS) is 14.6. The first-order chi connectivity index (χ1) is 17.6. The summed E-state index contributed by atoms with van der Waals surface area (Å²) in [5.41, 5.74) is 5.68. The minimum atomic E-state index is -0.285. The molecule has 5 aromatic rings. The van der Waals surface area contributed by atoms with Gasteiger partial charge in [-0.2, -0.15) is 5.10 Å². The van der Waals surface area contributed by atoms with Gasteiger partial charge in [-0.3, -0.25) is 0 Å². The molecule has 6 rings (SSSR count). The quantitative estimate of drug-likeness (QED) is 0.273. The molecule has 7 heteroatoms. The largest absolute Gasteiger partial charge is 0.322 e. The van der Waals surface area contributed by atoms with E-state index in [1.807, 2.05) is 95.4 Å². The van der Waals surface area contributed by atoms with Crippen LogP contribution in [0.2, 0.25) is 0 Å². The number of halogens is 1. The average molecular weight is 538 g/mol. The first-order valence-electron chi connectivity index (χ1n) is 11.8. The van der Waals surface area contributed by atoms with Crippen LogP contribution in [-0.2, 0) is 6.54 Å². The van der Waals surface area contributed by atoms with Gasteiger partial charge in [-0.15, -0.1) is 0 Å². The molecule has 0 spiro atoms.